The maximum absolute atomic E-state index is 11.2. The van der Waals surface area contributed by atoms with Crippen LogP contribution in [0.4, 0.5) is 0 Å². The third-order valence-corrected chi connectivity index (χ3v) is 1.79. The Morgan fingerprint density at radius 1 is 1.25 bits per heavy atom. The summed E-state index contributed by atoms with van der Waals surface area (Å²) in [4.78, 5) is 11.2. The standard InChI is InChI=1S/C10H22N2O4/c1-15-7-4-12-10(14)9-11-3-2-6-16-8-5-13/h11,13H,2-9H2,1H3,(H,12,14). The van der Waals surface area contributed by atoms with E-state index in [1.165, 1.54) is 0 Å². The first kappa shape index (κ1) is 15.3. The first-order chi connectivity index (χ1) is 7.81. The van der Waals surface area contributed by atoms with Crippen LogP contribution in [-0.2, 0) is 14.3 Å². The van der Waals surface area contributed by atoms with Crippen LogP contribution in [0, 0.1) is 0 Å². The van der Waals surface area contributed by atoms with Crippen molar-refractivity contribution in [2.75, 3.05) is 53.2 Å². The topological polar surface area (TPSA) is 79.8 Å². The Morgan fingerprint density at radius 3 is 2.75 bits per heavy atom. The summed E-state index contributed by atoms with van der Waals surface area (Å²) in [6.07, 6.45) is 0.825. The minimum absolute atomic E-state index is 0.0340. The molecule has 0 radical (unpaired) electrons. The van der Waals surface area contributed by atoms with Gasteiger partial charge in [-0.1, -0.05) is 0 Å². The van der Waals surface area contributed by atoms with Gasteiger partial charge in [-0.3, -0.25) is 4.79 Å². The molecule has 0 rings (SSSR count). The van der Waals surface area contributed by atoms with Crippen LogP contribution in [0.2, 0.25) is 0 Å². The van der Waals surface area contributed by atoms with Gasteiger partial charge >= 0.3 is 0 Å². The number of methoxy groups -OCH3 is 1. The maximum atomic E-state index is 11.2. The zero-order valence-corrected chi connectivity index (χ0v) is 9.83. The van der Waals surface area contributed by atoms with Crippen LogP contribution in [0.25, 0.3) is 0 Å². The monoisotopic (exact) mass is 234 g/mol. The Balaban J connectivity index is 3.09. The molecule has 0 spiro atoms. The summed E-state index contributed by atoms with van der Waals surface area (Å²) in [5.41, 5.74) is 0. The molecule has 0 aromatic heterocycles. The van der Waals surface area contributed by atoms with Crippen molar-refractivity contribution in [3.8, 4) is 0 Å². The van der Waals surface area contributed by atoms with E-state index in [2.05, 4.69) is 10.6 Å². The highest BCUT2D eigenvalue weighted by Gasteiger charge is 1.98. The van der Waals surface area contributed by atoms with Crippen molar-refractivity contribution in [3.63, 3.8) is 0 Å². The predicted molar refractivity (Wildman–Crippen MR) is 60.3 cm³/mol. The van der Waals surface area contributed by atoms with Crippen LogP contribution in [-0.4, -0.2) is 64.2 Å². The van der Waals surface area contributed by atoms with Gasteiger partial charge in [-0.15, -0.1) is 0 Å². The molecule has 1 amide bonds. The van der Waals surface area contributed by atoms with E-state index in [1.807, 2.05) is 0 Å². The predicted octanol–water partition coefficient (Wildman–Crippen LogP) is -1.26. The second-order valence-electron chi connectivity index (χ2n) is 3.21. The van der Waals surface area contributed by atoms with Crippen LogP contribution < -0.4 is 10.6 Å². The van der Waals surface area contributed by atoms with E-state index in [1.54, 1.807) is 7.11 Å². The van der Waals surface area contributed by atoms with E-state index in [9.17, 15) is 4.79 Å². The van der Waals surface area contributed by atoms with Crippen LogP contribution in [0.3, 0.4) is 0 Å². The molecule has 96 valence electrons. The summed E-state index contributed by atoms with van der Waals surface area (Å²) < 4.78 is 9.86. The van der Waals surface area contributed by atoms with Gasteiger partial charge in [0.05, 0.1) is 26.4 Å². The molecule has 0 saturated heterocycles. The highest BCUT2D eigenvalue weighted by molar-refractivity contribution is 5.77. The smallest absolute Gasteiger partial charge is 0.234 e. The van der Waals surface area contributed by atoms with Crippen molar-refractivity contribution in [1.29, 1.82) is 0 Å². The summed E-state index contributed by atoms with van der Waals surface area (Å²) in [5, 5.41) is 14.1. The van der Waals surface area contributed by atoms with Crippen molar-refractivity contribution in [2.45, 2.75) is 6.42 Å². The fraction of sp³-hybridized carbons (Fsp3) is 0.900. The lowest BCUT2D eigenvalue weighted by Crippen LogP contribution is -2.36. The molecule has 0 bridgehead atoms. The van der Waals surface area contributed by atoms with E-state index in [4.69, 9.17) is 14.6 Å². The van der Waals surface area contributed by atoms with E-state index < -0.39 is 0 Å². The van der Waals surface area contributed by atoms with Gasteiger partial charge in [-0.05, 0) is 13.0 Å². The average molecular weight is 234 g/mol. The molecule has 0 aliphatic heterocycles. The van der Waals surface area contributed by atoms with Crippen molar-refractivity contribution < 1.29 is 19.4 Å². The lowest BCUT2D eigenvalue weighted by Gasteiger charge is -2.06. The quantitative estimate of drug-likeness (QED) is 0.389. The number of rotatable bonds is 11. The Kier molecular flexibility index (Phi) is 11.8. The average Bonchev–Trinajstić information content (AvgIpc) is 2.28. The molecule has 16 heavy (non-hydrogen) atoms. The number of aliphatic hydroxyl groups excluding tert-OH is 1. The molecule has 0 aliphatic rings. The summed E-state index contributed by atoms with van der Waals surface area (Å²) in [6.45, 7) is 3.12. The Bertz CT molecular complexity index is 167. The SMILES string of the molecule is COCCNC(=O)CNCCCOCCO. The number of carbonyl (C=O) groups excluding carboxylic acids is 1. The molecule has 0 saturated carbocycles. The number of aliphatic hydroxyl groups is 1. The molecule has 6 heteroatoms. The minimum atomic E-state index is -0.0340. The van der Waals surface area contributed by atoms with E-state index in [0.29, 0.717) is 32.9 Å². The Labute approximate surface area is 96.3 Å². The van der Waals surface area contributed by atoms with Crippen molar-refractivity contribution >= 4 is 5.91 Å². The highest BCUT2D eigenvalue weighted by Crippen LogP contribution is 1.80. The number of hydrogen-bond donors (Lipinski definition) is 3. The largest absolute Gasteiger partial charge is 0.394 e. The van der Waals surface area contributed by atoms with Gasteiger partial charge in [0.1, 0.15) is 0 Å². The normalized spacial score (nSPS) is 10.4. The molecule has 6 nitrogen and oxygen atoms in total. The molecule has 0 aromatic rings. The van der Waals surface area contributed by atoms with Gasteiger partial charge in [0.25, 0.3) is 0 Å². The summed E-state index contributed by atoms with van der Waals surface area (Å²) in [5.74, 6) is -0.0340. The Hall–Kier alpha value is -0.690. The fourth-order valence-electron chi connectivity index (χ4n) is 1.02. The Morgan fingerprint density at radius 2 is 2.06 bits per heavy atom. The molecule has 0 aliphatic carbocycles. The van der Waals surface area contributed by atoms with Gasteiger partial charge in [0.2, 0.25) is 5.91 Å². The molecule has 0 unspecified atom stereocenters. The molecular formula is C10H22N2O4. The molecule has 0 atom stereocenters. The van der Waals surface area contributed by atoms with Crippen molar-refractivity contribution in [3.05, 3.63) is 0 Å². The summed E-state index contributed by atoms with van der Waals surface area (Å²) in [6, 6.07) is 0. The zero-order chi connectivity index (χ0) is 12.1. The molecule has 0 fully saturated rings. The van der Waals surface area contributed by atoms with Crippen LogP contribution >= 0.6 is 0 Å². The molecule has 0 heterocycles. The number of hydrogen-bond acceptors (Lipinski definition) is 5. The second-order valence-corrected chi connectivity index (χ2v) is 3.21. The van der Waals surface area contributed by atoms with E-state index in [0.717, 1.165) is 13.0 Å². The third-order valence-electron chi connectivity index (χ3n) is 1.79. The van der Waals surface area contributed by atoms with Crippen LogP contribution in [0.1, 0.15) is 6.42 Å². The summed E-state index contributed by atoms with van der Waals surface area (Å²) >= 11 is 0. The first-order valence-corrected chi connectivity index (χ1v) is 5.46. The van der Waals surface area contributed by atoms with Gasteiger partial charge in [-0.2, -0.15) is 0 Å². The van der Waals surface area contributed by atoms with Gasteiger partial charge in [-0.25, -0.2) is 0 Å². The molecular weight excluding hydrogens is 212 g/mol. The van der Waals surface area contributed by atoms with Crippen molar-refractivity contribution in [2.24, 2.45) is 0 Å². The zero-order valence-electron chi connectivity index (χ0n) is 9.83. The number of nitrogens with one attached hydrogen (secondary N) is 2. The second kappa shape index (κ2) is 12.4. The minimum Gasteiger partial charge on any atom is -0.394 e. The molecule has 0 aromatic carbocycles. The van der Waals surface area contributed by atoms with Crippen molar-refractivity contribution in [1.82, 2.24) is 10.6 Å². The third kappa shape index (κ3) is 11.4. The highest BCUT2D eigenvalue weighted by atomic mass is 16.5. The lowest BCUT2D eigenvalue weighted by molar-refractivity contribution is -0.120. The van der Waals surface area contributed by atoms with Crippen LogP contribution in [0.5, 0.6) is 0 Å². The summed E-state index contributed by atoms with van der Waals surface area (Å²) in [7, 11) is 1.59. The van der Waals surface area contributed by atoms with Gasteiger partial charge < -0.3 is 25.2 Å². The maximum Gasteiger partial charge on any atom is 0.234 e. The number of amides is 1. The number of ether oxygens (including phenoxy) is 2. The first-order valence-electron chi connectivity index (χ1n) is 5.46. The van der Waals surface area contributed by atoms with Gasteiger partial charge in [0.15, 0.2) is 0 Å². The number of carbonyl (C=O) groups is 1. The van der Waals surface area contributed by atoms with Gasteiger partial charge in [0, 0.05) is 20.3 Å². The van der Waals surface area contributed by atoms with E-state index in [-0.39, 0.29) is 12.5 Å². The van der Waals surface area contributed by atoms with E-state index >= 15 is 0 Å². The lowest BCUT2D eigenvalue weighted by atomic mass is 10.4. The fourth-order valence-corrected chi connectivity index (χ4v) is 1.02. The van der Waals surface area contributed by atoms with Crippen LogP contribution in [0.15, 0.2) is 0 Å². The molecule has 3 N–H and O–H groups in total.